The van der Waals surface area contributed by atoms with Crippen LogP contribution in [0.25, 0.3) is 0 Å². The standard InChI is InChI=1S/C16H22Cl2N2O2/c1-3-22-13-9-12(16(13)6-4-5-7-16)20(2)15(21)11-8-10(17)14(18)19-11/h8,12-13,19H,3-7,9H2,1-2H3/t12-,13+/m0/s1. The predicted octanol–water partition coefficient (Wildman–Crippen LogP) is 4.13. The Morgan fingerprint density at radius 3 is 2.68 bits per heavy atom. The molecule has 6 heteroatoms. The molecule has 1 aromatic rings. The molecule has 0 saturated heterocycles. The Balaban J connectivity index is 1.77. The summed E-state index contributed by atoms with van der Waals surface area (Å²) in [5.74, 6) is -0.0555. The molecule has 22 heavy (non-hydrogen) atoms. The first kappa shape index (κ1) is 16.2. The van der Waals surface area contributed by atoms with Crippen molar-refractivity contribution >= 4 is 29.1 Å². The van der Waals surface area contributed by atoms with E-state index in [0.29, 0.717) is 15.9 Å². The van der Waals surface area contributed by atoms with E-state index in [2.05, 4.69) is 4.98 Å². The Morgan fingerprint density at radius 2 is 2.14 bits per heavy atom. The second-order valence-electron chi connectivity index (χ2n) is 6.40. The fraction of sp³-hybridized carbons (Fsp3) is 0.688. The smallest absolute Gasteiger partial charge is 0.270 e. The summed E-state index contributed by atoms with van der Waals surface area (Å²) in [4.78, 5) is 17.4. The van der Waals surface area contributed by atoms with Gasteiger partial charge < -0.3 is 14.6 Å². The van der Waals surface area contributed by atoms with Crippen molar-refractivity contribution in [3.8, 4) is 0 Å². The van der Waals surface area contributed by atoms with Crippen LogP contribution in [-0.4, -0.2) is 41.6 Å². The average molecular weight is 345 g/mol. The zero-order valence-corrected chi connectivity index (χ0v) is 14.5. The van der Waals surface area contributed by atoms with Crippen molar-refractivity contribution in [2.75, 3.05) is 13.7 Å². The van der Waals surface area contributed by atoms with Crippen LogP contribution in [0, 0.1) is 5.41 Å². The number of ether oxygens (including phenoxy) is 1. The number of hydrogen-bond donors (Lipinski definition) is 1. The number of H-pyrrole nitrogens is 1. The van der Waals surface area contributed by atoms with Gasteiger partial charge in [0.05, 0.1) is 11.1 Å². The molecule has 2 aliphatic carbocycles. The van der Waals surface area contributed by atoms with Crippen molar-refractivity contribution in [1.29, 1.82) is 0 Å². The summed E-state index contributed by atoms with van der Waals surface area (Å²) in [6.07, 6.45) is 5.94. The summed E-state index contributed by atoms with van der Waals surface area (Å²) in [6.45, 7) is 2.77. The van der Waals surface area contributed by atoms with Gasteiger partial charge in [-0.3, -0.25) is 4.79 Å². The van der Waals surface area contributed by atoms with Gasteiger partial charge in [0.25, 0.3) is 5.91 Å². The first-order chi connectivity index (χ1) is 10.5. The molecule has 2 aliphatic rings. The van der Waals surface area contributed by atoms with E-state index in [4.69, 9.17) is 27.9 Å². The fourth-order valence-corrected chi connectivity index (χ4v) is 4.56. The number of hydrogen-bond acceptors (Lipinski definition) is 2. The molecular weight excluding hydrogens is 323 g/mol. The second kappa shape index (κ2) is 6.06. The average Bonchev–Trinajstić information content (AvgIpc) is 3.11. The van der Waals surface area contributed by atoms with E-state index in [1.165, 1.54) is 12.8 Å². The molecule has 2 fully saturated rings. The van der Waals surface area contributed by atoms with E-state index in [1.807, 2.05) is 18.9 Å². The third kappa shape index (κ3) is 2.45. The lowest BCUT2D eigenvalue weighted by Crippen LogP contribution is -2.64. The maximum absolute atomic E-state index is 12.7. The minimum absolute atomic E-state index is 0.0555. The third-order valence-electron chi connectivity index (χ3n) is 5.39. The summed E-state index contributed by atoms with van der Waals surface area (Å²) < 4.78 is 5.92. The Labute approximate surface area is 141 Å². The number of amides is 1. The van der Waals surface area contributed by atoms with Gasteiger partial charge >= 0.3 is 0 Å². The molecule has 2 atom stereocenters. The van der Waals surface area contributed by atoms with Crippen LogP contribution >= 0.6 is 23.2 Å². The van der Waals surface area contributed by atoms with Gasteiger partial charge in [0.1, 0.15) is 10.8 Å². The maximum Gasteiger partial charge on any atom is 0.270 e. The maximum atomic E-state index is 12.7. The lowest BCUT2D eigenvalue weighted by Gasteiger charge is -2.56. The molecule has 1 amide bonds. The molecule has 0 aliphatic heterocycles. The Kier molecular flexibility index (Phi) is 4.45. The van der Waals surface area contributed by atoms with Gasteiger partial charge in [0, 0.05) is 25.1 Å². The molecule has 4 nitrogen and oxygen atoms in total. The number of carbonyl (C=O) groups excluding carboxylic acids is 1. The molecule has 1 spiro atoms. The zero-order valence-electron chi connectivity index (χ0n) is 13.0. The van der Waals surface area contributed by atoms with Crippen LogP contribution in [0.5, 0.6) is 0 Å². The molecule has 2 saturated carbocycles. The Morgan fingerprint density at radius 1 is 1.45 bits per heavy atom. The number of nitrogens with one attached hydrogen (secondary N) is 1. The number of nitrogens with zero attached hydrogens (tertiary/aromatic N) is 1. The molecule has 0 unspecified atom stereocenters. The monoisotopic (exact) mass is 344 g/mol. The summed E-state index contributed by atoms with van der Waals surface area (Å²) in [5.41, 5.74) is 0.589. The van der Waals surface area contributed by atoms with Crippen LogP contribution in [0.15, 0.2) is 6.07 Å². The highest BCUT2D eigenvalue weighted by Gasteiger charge is 2.58. The number of rotatable bonds is 4. The Hall–Kier alpha value is -0.710. The van der Waals surface area contributed by atoms with E-state index in [1.54, 1.807) is 6.07 Å². The third-order valence-corrected chi connectivity index (χ3v) is 6.08. The van der Waals surface area contributed by atoms with Crippen molar-refractivity contribution in [3.05, 3.63) is 21.9 Å². The van der Waals surface area contributed by atoms with Gasteiger partial charge in [-0.1, -0.05) is 36.0 Å². The minimum atomic E-state index is -0.0555. The molecule has 0 bridgehead atoms. The molecule has 3 rings (SSSR count). The summed E-state index contributed by atoms with van der Waals surface area (Å²) in [6, 6.07) is 1.84. The number of aromatic amines is 1. The fourth-order valence-electron chi connectivity index (χ4n) is 4.24. The van der Waals surface area contributed by atoms with Crippen LogP contribution in [0.2, 0.25) is 10.2 Å². The van der Waals surface area contributed by atoms with Crippen molar-refractivity contribution < 1.29 is 9.53 Å². The van der Waals surface area contributed by atoms with Crippen molar-refractivity contribution in [2.24, 2.45) is 5.41 Å². The molecule has 1 heterocycles. The summed E-state index contributed by atoms with van der Waals surface area (Å²) >= 11 is 11.8. The largest absolute Gasteiger partial charge is 0.378 e. The predicted molar refractivity (Wildman–Crippen MR) is 87.6 cm³/mol. The van der Waals surface area contributed by atoms with Crippen LogP contribution < -0.4 is 0 Å². The SMILES string of the molecule is CCO[C@@H]1C[C@H](N(C)C(=O)c2cc(Cl)c(Cl)[nH]2)C12CCCC2. The second-order valence-corrected chi connectivity index (χ2v) is 7.18. The van der Waals surface area contributed by atoms with Crippen LogP contribution in [0.3, 0.4) is 0 Å². The van der Waals surface area contributed by atoms with Crippen LogP contribution in [-0.2, 0) is 4.74 Å². The van der Waals surface area contributed by atoms with Crippen molar-refractivity contribution in [2.45, 2.75) is 51.2 Å². The molecule has 0 aromatic carbocycles. The zero-order chi connectivity index (χ0) is 15.9. The molecule has 1 N–H and O–H groups in total. The number of halogens is 2. The quantitative estimate of drug-likeness (QED) is 0.892. The first-order valence-electron chi connectivity index (χ1n) is 7.92. The number of aromatic nitrogens is 1. The van der Waals surface area contributed by atoms with Gasteiger partial charge in [-0.05, 0) is 32.3 Å². The van der Waals surface area contributed by atoms with Gasteiger partial charge in [0.15, 0.2) is 0 Å². The highest BCUT2D eigenvalue weighted by atomic mass is 35.5. The highest BCUT2D eigenvalue weighted by Crippen LogP contribution is 2.56. The minimum Gasteiger partial charge on any atom is -0.378 e. The normalized spacial score (nSPS) is 26.2. The van der Waals surface area contributed by atoms with Crippen molar-refractivity contribution in [3.63, 3.8) is 0 Å². The van der Waals surface area contributed by atoms with E-state index >= 15 is 0 Å². The van der Waals surface area contributed by atoms with Gasteiger partial charge in [-0.25, -0.2) is 0 Å². The van der Waals surface area contributed by atoms with E-state index in [-0.39, 0.29) is 23.5 Å². The molecule has 122 valence electrons. The highest BCUT2D eigenvalue weighted by molar-refractivity contribution is 6.41. The number of carbonyl (C=O) groups is 1. The van der Waals surface area contributed by atoms with E-state index < -0.39 is 0 Å². The van der Waals surface area contributed by atoms with Gasteiger partial charge in [-0.2, -0.15) is 0 Å². The first-order valence-corrected chi connectivity index (χ1v) is 8.68. The van der Waals surface area contributed by atoms with Crippen molar-refractivity contribution in [1.82, 2.24) is 9.88 Å². The Bertz CT molecular complexity index is 547. The summed E-state index contributed by atoms with van der Waals surface area (Å²) in [5, 5.41) is 0.699. The van der Waals surface area contributed by atoms with Gasteiger partial charge in [0.2, 0.25) is 0 Å². The van der Waals surface area contributed by atoms with Crippen LogP contribution in [0.4, 0.5) is 0 Å². The molecular formula is C16H22Cl2N2O2. The lowest BCUT2D eigenvalue weighted by molar-refractivity contribution is -0.152. The molecule has 0 radical (unpaired) electrons. The van der Waals surface area contributed by atoms with Gasteiger partial charge in [-0.15, -0.1) is 0 Å². The summed E-state index contributed by atoms with van der Waals surface area (Å²) in [7, 11) is 1.87. The van der Waals surface area contributed by atoms with E-state index in [9.17, 15) is 4.79 Å². The molecule has 1 aromatic heterocycles. The van der Waals surface area contributed by atoms with Crippen LogP contribution in [0.1, 0.15) is 49.5 Å². The van der Waals surface area contributed by atoms with E-state index in [0.717, 1.165) is 25.9 Å². The topological polar surface area (TPSA) is 45.3 Å². The lowest BCUT2D eigenvalue weighted by atomic mass is 9.60.